The Bertz CT molecular complexity index is 187. The number of hydrogen-bond donors (Lipinski definition) is 1. The SMILES string of the molecule is CC(C)C1(C)CC1NC1CCSC1. The molecule has 2 heteroatoms. The fraction of sp³-hybridized carbons (Fsp3) is 1.00. The van der Waals surface area contributed by atoms with Crippen LogP contribution in [0.25, 0.3) is 0 Å². The zero-order valence-electron chi connectivity index (χ0n) is 8.97. The van der Waals surface area contributed by atoms with Crippen molar-refractivity contribution in [3.8, 4) is 0 Å². The smallest absolute Gasteiger partial charge is 0.0168 e. The first-order valence-corrected chi connectivity index (χ1v) is 6.62. The van der Waals surface area contributed by atoms with E-state index in [4.69, 9.17) is 0 Å². The summed E-state index contributed by atoms with van der Waals surface area (Å²) in [5.74, 6) is 3.53. The average Bonchev–Trinajstić information content (AvgIpc) is 2.53. The van der Waals surface area contributed by atoms with Crippen molar-refractivity contribution in [2.75, 3.05) is 11.5 Å². The third kappa shape index (κ3) is 1.89. The summed E-state index contributed by atoms with van der Waals surface area (Å²) in [7, 11) is 0. The lowest BCUT2D eigenvalue weighted by molar-refractivity contribution is 0.352. The molecule has 13 heavy (non-hydrogen) atoms. The van der Waals surface area contributed by atoms with Crippen molar-refractivity contribution < 1.29 is 0 Å². The summed E-state index contributed by atoms with van der Waals surface area (Å²) >= 11 is 2.10. The molecule has 3 atom stereocenters. The quantitative estimate of drug-likeness (QED) is 0.749. The highest BCUT2D eigenvalue weighted by molar-refractivity contribution is 7.99. The average molecular weight is 199 g/mol. The lowest BCUT2D eigenvalue weighted by atomic mass is 9.94. The van der Waals surface area contributed by atoms with Crippen LogP contribution in [0.2, 0.25) is 0 Å². The van der Waals surface area contributed by atoms with Crippen LogP contribution in [0, 0.1) is 11.3 Å². The molecule has 2 rings (SSSR count). The van der Waals surface area contributed by atoms with E-state index in [-0.39, 0.29) is 0 Å². The van der Waals surface area contributed by atoms with Gasteiger partial charge in [-0.3, -0.25) is 0 Å². The van der Waals surface area contributed by atoms with E-state index in [9.17, 15) is 0 Å². The lowest BCUT2D eigenvalue weighted by Crippen LogP contribution is -2.34. The maximum absolute atomic E-state index is 3.80. The highest BCUT2D eigenvalue weighted by Gasteiger charge is 2.52. The Morgan fingerprint density at radius 3 is 2.69 bits per heavy atom. The Labute approximate surface area is 86.0 Å². The van der Waals surface area contributed by atoms with E-state index in [2.05, 4.69) is 37.8 Å². The molecule has 0 aromatic rings. The van der Waals surface area contributed by atoms with Crippen LogP contribution in [0.5, 0.6) is 0 Å². The van der Waals surface area contributed by atoms with Crippen LogP contribution in [0.3, 0.4) is 0 Å². The normalized spacial score (nSPS) is 44.3. The Morgan fingerprint density at radius 1 is 1.46 bits per heavy atom. The second kappa shape index (κ2) is 3.47. The highest BCUT2D eigenvalue weighted by Crippen LogP contribution is 2.51. The van der Waals surface area contributed by atoms with Gasteiger partial charge in [-0.2, -0.15) is 11.8 Å². The lowest BCUT2D eigenvalue weighted by Gasteiger charge is -2.18. The molecular formula is C11H21NS. The molecule has 1 aliphatic heterocycles. The van der Waals surface area contributed by atoms with Crippen LogP contribution in [-0.4, -0.2) is 23.6 Å². The van der Waals surface area contributed by atoms with Gasteiger partial charge in [0, 0.05) is 17.8 Å². The van der Waals surface area contributed by atoms with Gasteiger partial charge in [-0.1, -0.05) is 20.8 Å². The first-order chi connectivity index (χ1) is 6.13. The molecule has 2 fully saturated rings. The third-order valence-electron chi connectivity index (χ3n) is 3.97. The van der Waals surface area contributed by atoms with Gasteiger partial charge >= 0.3 is 0 Å². The fourth-order valence-electron chi connectivity index (χ4n) is 2.22. The first-order valence-electron chi connectivity index (χ1n) is 5.47. The van der Waals surface area contributed by atoms with Gasteiger partial charge in [-0.05, 0) is 29.9 Å². The maximum atomic E-state index is 3.80. The zero-order chi connectivity index (χ0) is 9.47. The first kappa shape index (κ1) is 9.85. The summed E-state index contributed by atoms with van der Waals surface area (Å²) in [6.07, 6.45) is 2.78. The molecule has 0 radical (unpaired) electrons. The molecule has 0 spiro atoms. The molecule has 1 N–H and O–H groups in total. The predicted molar refractivity (Wildman–Crippen MR) is 60.2 cm³/mol. The summed E-state index contributed by atoms with van der Waals surface area (Å²) in [5.41, 5.74) is 0.604. The minimum Gasteiger partial charge on any atom is -0.310 e. The Kier molecular flexibility index (Phi) is 2.63. The van der Waals surface area contributed by atoms with Gasteiger partial charge in [0.05, 0.1) is 0 Å². The number of rotatable bonds is 3. The largest absolute Gasteiger partial charge is 0.310 e. The molecule has 1 heterocycles. The molecule has 1 saturated heterocycles. The van der Waals surface area contributed by atoms with Crippen molar-refractivity contribution in [2.24, 2.45) is 11.3 Å². The summed E-state index contributed by atoms with van der Waals surface area (Å²) in [4.78, 5) is 0. The van der Waals surface area contributed by atoms with Crippen molar-refractivity contribution >= 4 is 11.8 Å². The summed E-state index contributed by atoms with van der Waals surface area (Å²) < 4.78 is 0. The van der Waals surface area contributed by atoms with E-state index in [0.717, 1.165) is 18.0 Å². The van der Waals surface area contributed by atoms with Crippen molar-refractivity contribution in [3.05, 3.63) is 0 Å². The van der Waals surface area contributed by atoms with Crippen molar-refractivity contribution in [1.82, 2.24) is 5.32 Å². The Balaban J connectivity index is 1.79. The van der Waals surface area contributed by atoms with Gasteiger partial charge in [0.1, 0.15) is 0 Å². The standard InChI is InChI=1S/C11H21NS/c1-8(2)11(3)6-10(11)12-9-4-5-13-7-9/h8-10,12H,4-7H2,1-3H3. The van der Waals surface area contributed by atoms with Crippen molar-refractivity contribution in [2.45, 2.75) is 45.7 Å². The van der Waals surface area contributed by atoms with Crippen molar-refractivity contribution in [3.63, 3.8) is 0 Å². The van der Waals surface area contributed by atoms with Gasteiger partial charge in [-0.15, -0.1) is 0 Å². The van der Waals surface area contributed by atoms with Crippen LogP contribution in [0.4, 0.5) is 0 Å². The van der Waals surface area contributed by atoms with Crippen molar-refractivity contribution in [1.29, 1.82) is 0 Å². The predicted octanol–water partition coefficient (Wildman–Crippen LogP) is 2.52. The van der Waals surface area contributed by atoms with Crippen LogP contribution in [0.15, 0.2) is 0 Å². The summed E-state index contributed by atoms with van der Waals surface area (Å²) in [6, 6.07) is 1.63. The molecule has 2 aliphatic rings. The molecule has 0 bridgehead atoms. The Morgan fingerprint density at radius 2 is 2.23 bits per heavy atom. The fourth-order valence-corrected chi connectivity index (χ4v) is 3.38. The number of nitrogens with one attached hydrogen (secondary N) is 1. The molecule has 76 valence electrons. The third-order valence-corrected chi connectivity index (χ3v) is 5.13. The van der Waals surface area contributed by atoms with Gasteiger partial charge < -0.3 is 5.32 Å². The second-order valence-corrected chi connectivity index (χ2v) is 6.29. The monoisotopic (exact) mass is 199 g/mol. The maximum Gasteiger partial charge on any atom is 0.0168 e. The van der Waals surface area contributed by atoms with E-state index in [1.54, 1.807) is 0 Å². The number of hydrogen-bond acceptors (Lipinski definition) is 2. The van der Waals surface area contributed by atoms with E-state index in [0.29, 0.717) is 5.41 Å². The van der Waals surface area contributed by atoms with Crippen LogP contribution >= 0.6 is 11.8 Å². The zero-order valence-corrected chi connectivity index (χ0v) is 9.79. The molecular weight excluding hydrogens is 178 g/mol. The molecule has 3 unspecified atom stereocenters. The van der Waals surface area contributed by atoms with Crippen LogP contribution < -0.4 is 5.32 Å². The van der Waals surface area contributed by atoms with E-state index in [1.807, 2.05) is 0 Å². The second-order valence-electron chi connectivity index (χ2n) is 5.14. The summed E-state index contributed by atoms with van der Waals surface area (Å²) in [5, 5.41) is 3.80. The van der Waals surface area contributed by atoms with Gasteiger partial charge in [0.2, 0.25) is 0 Å². The van der Waals surface area contributed by atoms with Gasteiger partial charge in [0.15, 0.2) is 0 Å². The molecule has 1 nitrogen and oxygen atoms in total. The minimum atomic E-state index is 0.604. The molecule has 0 aromatic carbocycles. The van der Waals surface area contributed by atoms with Crippen LogP contribution in [-0.2, 0) is 0 Å². The summed E-state index contributed by atoms with van der Waals surface area (Å²) in [6.45, 7) is 7.13. The Hall–Kier alpha value is 0.310. The highest BCUT2D eigenvalue weighted by atomic mass is 32.2. The van der Waals surface area contributed by atoms with Gasteiger partial charge in [0.25, 0.3) is 0 Å². The van der Waals surface area contributed by atoms with Gasteiger partial charge in [-0.25, -0.2) is 0 Å². The van der Waals surface area contributed by atoms with E-state index < -0.39 is 0 Å². The van der Waals surface area contributed by atoms with Crippen LogP contribution in [0.1, 0.15) is 33.6 Å². The topological polar surface area (TPSA) is 12.0 Å². The molecule has 1 aliphatic carbocycles. The molecule has 0 amide bonds. The van der Waals surface area contributed by atoms with E-state index in [1.165, 1.54) is 24.3 Å². The minimum absolute atomic E-state index is 0.604. The molecule has 0 aromatic heterocycles. The molecule has 1 saturated carbocycles. The number of thioether (sulfide) groups is 1. The van der Waals surface area contributed by atoms with E-state index >= 15 is 0 Å².